The molecule has 1 saturated heterocycles. The highest BCUT2D eigenvalue weighted by Gasteiger charge is 2.19. The highest BCUT2D eigenvalue weighted by Crippen LogP contribution is 2.22. The molecule has 0 unspecified atom stereocenters. The van der Waals surface area contributed by atoms with Gasteiger partial charge in [0.2, 0.25) is 11.9 Å². The van der Waals surface area contributed by atoms with Gasteiger partial charge in [-0.15, -0.1) is 0 Å². The average Bonchev–Trinajstić information content (AvgIpc) is 3.67. The Kier molecular flexibility index (Phi) is 11.6. The van der Waals surface area contributed by atoms with Gasteiger partial charge in [-0.3, -0.25) is 24.2 Å². The number of aliphatic carboxylic acids is 2. The second-order valence-corrected chi connectivity index (χ2v) is 10.7. The van der Waals surface area contributed by atoms with Gasteiger partial charge >= 0.3 is 11.9 Å². The zero-order valence-electron chi connectivity index (χ0n) is 25.7. The minimum absolute atomic E-state index is 0.197. The Balaban J connectivity index is 0.000000533. The van der Waals surface area contributed by atoms with E-state index in [2.05, 4.69) is 22.4 Å². The largest absolute Gasteiger partial charge is 0.478 e. The van der Waals surface area contributed by atoms with E-state index < -0.39 is 11.9 Å². The number of carbonyl (C=O) groups is 4. The van der Waals surface area contributed by atoms with E-state index in [1.54, 1.807) is 16.9 Å². The van der Waals surface area contributed by atoms with Crippen molar-refractivity contribution < 1.29 is 29.4 Å². The van der Waals surface area contributed by atoms with Crippen LogP contribution in [0, 0.1) is 0 Å². The molecule has 0 saturated carbocycles. The third-order valence-electron chi connectivity index (χ3n) is 7.23. The fourth-order valence-electron chi connectivity index (χ4n) is 4.78. The quantitative estimate of drug-likeness (QED) is 0.224. The summed E-state index contributed by atoms with van der Waals surface area (Å²) in [7, 11) is 3.95. The average molecular weight is 628 g/mol. The molecule has 2 aromatic carbocycles. The van der Waals surface area contributed by atoms with Crippen LogP contribution in [0.4, 0.5) is 5.95 Å². The second-order valence-electron chi connectivity index (χ2n) is 10.7. The third-order valence-corrected chi connectivity index (χ3v) is 7.23. The standard InChI is InChI=1S/C29H33N7O2.C4H4O4/c1-33-14-16-35(17-15-33)27(37)13-7-10-25-21-36(26-11-4-3-5-12-26)29(31-25)32-28(38)23-9-6-8-22(18-23)24-19-30-34(2)20-24;5-3(6)1-2-4(7)8/h3-6,8-9,11-12,18-21H,7,10,13-17H2,1-2H3,(H,31,32,38);1-2H,(H,5,6)(H,7,8)/b;2-1+. The minimum atomic E-state index is -1.26. The molecule has 5 rings (SSSR count). The molecule has 1 fully saturated rings. The van der Waals surface area contributed by atoms with Crippen molar-refractivity contribution in [1.29, 1.82) is 0 Å². The Morgan fingerprint density at radius 3 is 2.20 bits per heavy atom. The number of hydrogen-bond donors (Lipinski definition) is 3. The number of anilines is 1. The SMILES string of the molecule is CN1CCN(C(=O)CCCc2cn(-c3ccccc3)c(NC(=O)c3cccc(-c4cnn(C)c4)c3)n2)CC1.O=C(O)/C=C/C(=O)O. The van der Waals surface area contributed by atoms with E-state index in [1.165, 1.54) is 0 Å². The Bertz CT molecular complexity index is 1670. The van der Waals surface area contributed by atoms with Gasteiger partial charge in [0, 0.05) is 81.0 Å². The van der Waals surface area contributed by atoms with Crippen LogP contribution in [0.2, 0.25) is 0 Å². The van der Waals surface area contributed by atoms with Crippen molar-refractivity contribution in [1.82, 2.24) is 29.1 Å². The number of nitrogens with one attached hydrogen (secondary N) is 1. The van der Waals surface area contributed by atoms with Crippen LogP contribution >= 0.6 is 0 Å². The third kappa shape index (κ3) is 9.72. The number of amides is 2. The molecule has 0 aliphatic carbocycles. The van der Waals surface area contributed by atoms with E-state index in [-0.39, 0.29) is 11.8 Å². The van der Waals surface area contributed by atoms with Crippen LogP contribution in [0.5, 0.6) is 0 Å². The molecule has 1 aliphatic rings. The number of piperazine rings is 1. The molecule has 2 aromatic heterocycles. The van der Waals surface area contributed by atoms with Gasteiger partial charge in [0.25, 0.3) is 5.91 Å². The molecule has 3 heterocycles. The monoisotopic (exact) mass is 627 g/mol. The van der Waals surface area contributed by atoms with E-state index in [0.717, 1.165) is 48.7 Å². The summed E-state index contributed by atoms with van der Waals surface area (Å²) in [6, 6.07) is 17.3. The number of carbonyl (C=O) groups excluding carboxylic acids is 2. The molecule has 13 nitrogen and oxygen atoms in total. The van der Waals surface area contributed by atoms with Crippen LogP contribution in [-0.2, 0) is 27.9 Å². The lowest BCUT2D eigenvalue weighted by Gasteiger charge is -2.32. The van der Waals surface area contributed by atoms with Crippen LogP contribution in [-0.4, -0.2) is 96.3 Å². The zero-order valence-corrected chi connectivity index (χ0v) is 25.7. The van der Waals surface area contributed by atoms with Gasteiger partial charge in [-0.05, 0) is 49.7 Å². The van der Waals surface area contributed by atoms with Crippen molar-refractivity contribution in [2.75, 3.05) is 38.5 Å². The summed E-state index contributed by atoms with van der Waals surface area (Å²) in [5.41, 5.74) is 4.14. The highest BCUT2D eigenvalue weighted by molar-refractivity contribution is 6.04. The number of hydrogen-bond acceptors (Lipinski definition) is 7. The number of benzene rings is 2. The van der Waals surface area contributed by atoms with Crippen LogP contribution < -0.4 is 5.32 Å². The predicted octanol–water partition coefficient (Wildman–Crippen LogP) is 3.33. The van der Waals surface area contributed by atoms with Gasteiger partial charge in [-0.1, -0.05) is 30.3 Å². The molecule has 2 amide bonds. The molecule has 13 heteroatoms. The molecule has 1 aliphatic heterocycles. The maximum absolute atomic E-state index is 13.3. The number of para-hydroxylation sites is 1. The first-order chi connectivity index (χ1) is 22.1. The minimum Gasteiger partial charge on any atom is -0.478 e. The fourth-order valence-corrected chi connectivity index (χ4v) is 4.78. The molecule has 46 heavy (non-hydrogen) atoms. The van der Waals surface area contributed by atoms with Crippen molar-refractivity contribution in [3.63, 3.8) is 0 Å². The van der Waals surface area contributed by atoms with Crippen LogP contribution in [0.25, 0.3) is 16.8 Å². The lowest BCUT2D eigenvalue weighted by molar-refractivity contribution is -0.134. The summed E-state index contributed by atoms with van der Waals surface area (Å²) >= 11 is 0. The van der Waals surface area contributed by atoms with Crippen molar-refractivity contribution in [3.05, 3.63) is 96.6 Å². The van der Waals surface area contributed by atoms with Crippen LogP contribution in [0.1, 0.15) is 28.9 Å². The number of likely N-dealkylation sites (N-methyl/N-ethyl adjacent to an activating group) is 1. The lowest BCUT2D eigenvalue weighted by atomic mass is 10.1. The molecular formula is C33H37N7O6. The van der Waals surface area contributed by atoms with E-state index >= 15 is 0 Å². The fraction of sp³-hybridized carbons (Fsp3) is 0.273. The Hall–Kier alpha value is -5.56. The topological polar surface area (TPSA) is 163 Å². The Morgan fingerprint density at radius 1 is 0.870 bits per heavy atom. The van der Waals surface area contributed by atoms with Gasteiger partial charge in [0.15, 0.2) is 0 Å². The molecule has 0 bridgehead atoms. The summed E-state index contributed by atoms with van der Waals surface area (Å²) in [6.45, 7) is 3.41. The number of aromatic nitrogens is 4. The predicted molar refractivity (Wildman–Crippen MR) is 172 cm³/mol. The van der Waals surface area contributed by atoms with Gasteiger partial charge in [-0.25, -0.2) is 14.6 Å². The molecule has 3 N–H and O–H groups in total. The zero-order chi connectivity index (χ0) is 33.1. The van der Waals surface area contributed by atoms with Gasteiger partial charge in [-0.2, -0.15) is 5.10 Å². The molecular weight excluding hydrogens is 590 g/mol. The smallest absolute Gasteiger partial charge is 0.328 e. The highest BCUT2D eigenvalue weighted by atomic mass is 16.4. The summed E-state index contributed by atoms with van der Waals surface area (Å²) in [5, 5.41) is 22.8. The number of imidazole rings is 1. The van der Waals surface area contributed by atoms with Crippen LogP contribution in [0.15, 0.2) is 85.3 Å². The number of aryl methyl sites for hydroxylation is 2. The van der Waals surface area contributed by atoms with Crippen molar-refractivity contribution in [2.24, 2.45) is 7.05 Å². The van der Waals surface area contributed by atoms with Crippen molar-refractivity contribution in [2.45, 2.75) is 19.3 Å². The van der Waals surface area contributed by atoms with Gasteiger partial charge in [0.05, 0.1) is 11.9 Å². The summed E-state index contributed by atoms with van der Waals surface area (Å²) in [4.78, 5) is 53.9. The summed E-state index contributed by atoms with van der Waals surface area (Å²) in [6.07, 6.45) is 8.60. The normalized spacial score (nSPS) is 13.2. The van der Waals surface area contributed by atoms with E-state index in [1.807, 2.05) is 77.4 Å². The molecule has 240 valence electrons. The Morgan fingerprint density at radius 2 is 1.57 bits per heavy atom. The molecule has 4 aromatic rings. The number of carboxylic acid groups (broad SMARTS) is 2. The maximum Gasteiger partial charge on any atom is 0.328 e. The van der Waals surface area contributed by atoms with E-state index in [4.69, 9.17) is 15.2 Å². The van der Waals surface area contributed by atoms with E-state index in [0.29, 0.717) is 42.9 Å². The molecule has 0 atom stereocenters. The number of rotatable bonds is 10. The first-order valence-corrected chi connectivity index (χ1v) is 14.7. The number of carboxylic acids is 2. The lowest BCUT2D eigenvalue weighted by Crippen LogP contribution is -2.47. The number of nitrogens with zero attached hydrogens (tertiary/aromatic N) is 6. The van der Waals surface area contributed by atoms with E-state index in [9.17, 15) is 19.2 Å². The van der Waals surface area contributed by atoms with Gasteiger partial charge in [0.1, 0.15) is 0 Å². The molecule has 0 spiro atoms. The first kappa shape index (κ1) is 33.3. The van der Waals surface area contributed by atoms with Crippen molar-refractivity contribution in [3.8, 4) is 16.8 Å². The van der Waals surface area contributed by atoms with Crippen LogP contribution in [0.3, 0.4) is 0 Å². The maximum atomic E-state index is 13.3. The Labute approximate surface area is 266 Å². The first-order valence-electron chi connectivity index (χ1n) is 14.7. The van der Waals surface area contributed by atoms with Crippen molar-refractivity contribution >= 4 is 29.7 Å². The second kappa shape index (κ2) is 16.0. The molecule has 0 radical (unpaired) electrons. The summed E-state index contributed by atoms with van der Waals surface area (Å²) < 4.78 is 3.62. The summed E-state index contributed by atoms with van der Waals surface area (Å²) in [5.74, 6) is -2.11. The van der Waals surface area contributed by atoms with Gasteiger partial charge < -0.3 is 20.0 Å².